The molecule has 0 bridgehead atoms. The Kier molecular flexibility index (Phi) is 3.97. The van der Waals surface area contributed by atoms with Crippen molar-refractivity contribution in [3.8, 4) is 6.07 Å². The molecular weight excluding hydrogens is 254 g/mol. The Morgan fingerprint density at radius 3 is 2.81 bits per heavy atom. The van der Waals surface area contributed by atoms with Crippen molar-refractivity contribution in [2.24, 2.45) is 11.3 Å². The third kappa shape index (κ3) is 2.81. The van der Waals surface area contributed by atoms with E-state index in [-0.39, 0.29) is 5.41 Å². The summed E-state index contributed by atoms with van der Waals surface area (Å²) in [6.07, 6.45) is 6.75. The molecular formula is C20H23N. The van der Waals surface area contributed by atoms with Crippen LogP contribution in [0.15, 0.2) is 42.5 Å². The molecule has 3 rings (SSSR count). The molecule has 0 saturated heterocycles. The van der Waals surface area contributed by atoms with Crippen molar-refractivity contribution in [3.05, 3.63) is 48.0 Å². The molecule has 1 nitrogen and oxygen atoms in total. The van der Waals surface area contributed by atoms with Crippen LogP contribution in [0.3, 0.4) is 0 Å². The molecule has 1 saturated carbocycles. The molecule has 2 atom stereocenters. The molecule has 0 amide bonds. The van der Waals surface area contributed by atoms with Gasteiger partial charge in [0.2, 0.25) is 0 Å². The van der Waals surface area contributed by atoms with Crippen LogP contribution in [0.1, 0.15) is 44.6 Å². The monoisotopic (exact) mass is 277 g/mol. The number of fused-ring (bicyclic) bond motifs is 1. The van der Waals surface area contributed by atoms with Gasteiger partial charge in [0.05, 0.1) is 11.5 Å². The van der Waals surface area contributed by atoms with Crippen molar-refractivity contribution >= 4 is 10.8 Å². The fourth-order valence-corrected chi connectivity index (χ4v) is 3.95. The maximum atomic E-state index is 9.84. The zero-order valence-electron chi connectivity index (χ0n) is 12.8. The van der Waals surface area contributed by atoms with E-state index in [0.717, 1.165) is 25.2 Å². The molecule has 0 spiro atoms. The summed E-state index contributed by atoms with van der Waals surface area (Å²) in [7, 11) is 0. The summed E-state index contributed by atoms with van der Waals surface area (Å²) in [4.78, 5) is 0. The van der Waals surface area contributed by atoms with Gasteiger partial charge in [0.15, 0.2) is 0 Å². The minimum absolute atomic E-state index is 0.150. The van der Waals surface area contributed by atoms with Crippen LogP contribution in [0.25, 0.3) is 10.8 Å². The van der Waals surface area contributed by atoms with Crippen molar-refractivity contribution in [2.75, 3.05) is 0 Å². The minimum atomic E-state index is -0.150. The third-order valence-corrected chi connectivity index (χ3v) is 5.17. The molecule has 2 unspecified atom stereocenters. The van der Waals surface area contributed by atoms with Gasteiger partial charge in [-0.3, -0.25) is 0 Å². The molecule has 1 fully saturated rings. The lowest BCUT2D eigenvalue weighted by Gasteiger charge is -2.35. The van der Waals surface area contributed by atoms with Gasteiger partial charge in [-0.1, -0.05) is 68.7 Å². The highest BCUT2D eigenvalue weighted by molar-refractivity contribution is 5.85. The Morgan fingerprint density at radius 1 is 1.19 bits per heavy atom. The van der Waals surface area contributed by atoms with E-state index >= 15 is 0 Å². The highest BCUT2D eigenvalue weighted by Crippen LogP contribution is 2.43. The first kappa shape index (κ1) is 14.1. The lowest BCUT2D eigenvalue weighted by molar-refractivity contribution is 0.194. The Labute approximate surface area is 127 Å². The predicted molar refractivity (Wildman–Crippen MR) is 87.9 cm³/mol. The third-order valence-electron chi connectivity index (χ3n) is 5.17. The van der Waals surface area contributed by atoms with Gasteiger partial charge in [0.25, 0.3) is 0 Å². The highest BCUT2D eigenvalue weighted by Gasteiger charge is 2.36. The van der Waals surface area contributed by atoms with Crippen LogP contribution in [0, 0.1) is 22.7 Å². The summed E-state index contributed by atoms with van der Waals surface area (Å²) >= 11 is 0. The fourth-order valence-electron chi connectivity index (χ4n) is 3.95. The lowest BCUT2D eigenvalue weighted by atomic mass is 9.66. The van der Waals surface area contributed by atoms with Crippen LogP contribution in [-0.2, 0) is 6.42 Å². The number of hydrogen-bond acceptors (Lipinski definition) is 1. The van der Waals surface area contributed by atoms with Gasteiger partial charge in [-0.25, -0.2) is 0 Å². The van der Waals surface area contributed by atoms with Crippen LogP contribution >= 0.6 is 0 Å². The maximum absolute atomic E-state index is 9.84. The van der Waals surface area contributed by atoms with E-state index in [0.29, 0.717) is 0 Å². The summed E-state index contributed by atoms with van der Waals surface area (Å²) in [5.41, 5.74) is 1.19. The normalized spacial score (nSPS) is 25.6. The molecule has 108 valence electrons. The highest BCUT2D eigenvalue weighted by atomic mass is 14.4. The van der Waals surface area contributed by atoms with Gasteiger partial charge in [0.1, 0.15) is 0 Å². The van der Waals surface area contributed by atoms with E-state index in [2.05, 4.69) is 55.5 Å². The first-order valence-electron chi connectivity index (χ1n) is 8.14. The average Bonchev–Trinajstić information content (AvgIpc) is 2.55. The summed E-state index contributed by atoms with van der Waals surface area (Å²) in [5.74, 6) is 0.730. The first-order valence-corrected chi connectivity index (χ1v) is 8.14. The van der Waals surface area contributed by atoms with Gasteiger partial charge in [-0.15, -0.1) is 0 Å². The Hall–Kier alpha value is -1.81. The molecule has 0 N–H and O–H groups in total. The van der Waals surface area contributed by atoms with Gasteiger partial charge in [-0.2, -0.15) is 5.26 Å². The van der Waals surface area contributed by atoms with E-state index in [1.165, 1.54) is 35.6 Å². The standard InChI is InChI=1S/C20H23N/c1-2-16-7-6-12-20(13-16,15-21)14-18-10-5-9-17-8-3-4-11-19(17)18/h3-5,8-11,16H,2,6-7,12-14H2,1H3. The molecule has 1 aliphatic carbocycles. The Balaban J connectivity index is 1.94. The number of hydrogen-bond donors (Lipinski definition) is 0. The van der Waals surface area contributed by atoms with Gasteiger partial charge < -0.3 is 0 Å². The van der Waals surface area contributed by atoms with Crippen LogP contribution in [-0.4, -0.2) is 0 Å². The largest absolute Gasteiger partial charge is 0.198 e. The van der Waals surface area contributed by atoms with E-state index in [9.17, 15) is 5.26 Å². The zero-order valence-corrected chi connectivity index (χ0v) is 12.8. The maximum Gasteiger partial charge on any atom is 0.0693 e. The van der Waals surface area contributed by atoms with E-state index in [1.807, 2.05) is 0 Å². The number of rotatable bonds is 3. The molecule has 1 heteroatoms. The van der Waals surface area contributed by atoms with E-state index in [4.69, 9.17) is 0 Å². The smallest absolute Gasteiger partial charge is 0.0693 e. The fraction of sp³-hybridized carbons (Fsp3) is 0.450. The van der Waals surface area contributed by atoms with Crippen LogP contribution in [0.5, 0.6) is 0 Å². The summed E-state index contributed by atoms with van der Waals surface area (Å²) in [5, 5.41) is 12.4. The van der Waals surface area contributed by atoms with Crippen molar-refractivity contribution < 1.29 is 0 Å². The van der Waals surface area contributed by atoms with Crippen LogP contribution in [0.4, 0.5) is 0 Å². The average molecular weight is 277 g/mol. The quantitative estimate of drug-likeness (QED) is 0.727. The molecule has 1 aliphatic rings. The van der Waals surface area contributed by atoms with Gasteiger partial charge in [-0.05, 0) is 41.5 Å². The Morgan fingerprint density at radius 2 is 2.00 bits per heavy atom. The van der Waals surface area contributed by atoms with Crippen LogP contribution in [0.2, 0.25) is 0 Å². The van der Waals surface area contributed by atoms with Crippen molar-refractivity contribution in [2.45, 2.75) is 45.4 Å². The van der Waals surface area contributed by atoms with Crippen molar-refractivity contribution in [1.29, 1.82) is 5.26 Å². The van der Waals surface area contributed by atoms with E-state index < -0.39 is 0 Å². The minimum Gasteiger partial charge on any atom is -0.198 e. The molecule has 21 heavy (non-hydrogen) atoms. The number of nitriles is 1. The van der Waals surface area contributed by atoms with Gasteiger partial charge >= 0.3 is 0 Å². The van der Waals surface area contributed by atoms with Gasteiger partial charge in [0, 0.05) is 0 Å². The van der Waals surface area contributed by atoms with Crippen molar-refractivity contribution in [1.82, 2.24) is 0 Å². The summed E-state index contributed by atoms with van der Waals surface area (Å²) in [6.45, 7) is 2.26. The Bertz CT molecular complexity index is 662. The van der Waals surface area contributed by atoms with E-state index in [1.54, 1.807) is 0 Å². The molecule has 0 heterocycles. The first-order chi connectivity index (χ1) is 10.3. The number of benzene rings is 2. The summed E-state index contributed by atoms with van der Waals surface area (Å²) < 4.78 is 0. The molecule has 2 aromatic rings. The second-order valence-electron chi connectivity index (χ2n) is 6.58. The SMILES string of the molecule is CCC1CCCC(C#N)(Cc2cccc3ccccc23)C1. The number of nitrogens with zero attached hydrogens (tertiary/aromatic N) is 1. The molecule has 0 aliphatic heterocycles. The second-order valence-corrected chi connectivity index (χ2v) is 6.58. The van der Waals surface area contributed by atoms with Crippen molar-refractivity contribution in [3.63, 3.8) is 0 Å². The topological polar surface area (TPSA) is 23.8 Å². The second kappa shape index (κ2) is 5.90. The van der Waals surface area contributed by atoms with Crippen LogP contribution < -0.4 is 0 Å². The lowest BCUT2D eigenvalue weighted by Crippen LogP contribution is -2.29. The zero-order chi connectivity index (χ0) is 14.7. The molecule has 0 radical (unpaired) electrons. The molecule has 0 aromatic heterocycles. The predicted octanol–water partition coefficient (Wildman–Crippen LogP) is 5.49. The summed E-state index contributed by atoms with van der Waals surface area (Å²) in [6, 6.07) is 17.7. The molecule has 2 aromatic carbocycles.